The van der Waals surface area contributed by atoms with Gasteiger partial charge in [0.1, 0.15) is 36.1 Å². The number of rotatable bonds is 37. The van der Waals surface area contributed by atoms with Crippen molar-refractivity contribution in [2.24, 2.45) is 22.5 Å². The van der Waals surface area contributed by atoms with Gasteiger partial charge >= 0.3 is 0 Å². The van der Waals surface area contributed by atoms with Gasteiger partial charge in [-0.05, 0) is 67.3 Å². The topological polar surface area (TPSA) is 275 Å². The number of hydrogen-bond donors (Lipinski definition) is 6. The molecule has 80 heavy (non-hydrogen) atoms. The van der Waals surface area contributed by atoms with Crippen LogP contribution in [0, 0.1) is 28.4 Å². The molecule has 3 aromatic rings. The number of nitrogens with zero attached hydrogens (tertiary/aromatic N) is 4. The van der Waals surface area contributed by atoms with Gasteiger partial charge in [0.15, 0.2) is 0 Å². The molecule has 0 radical (unpaired) electrons. The number of amides is 7. The number of aliphatic hydroxyl groups excluding tert-OH is 1. The molecule has 3 atom stereocenters. The molecule has 2 heterocycles. The van der Waals surface area contributed by atoms with E-state index < -0.39 is 70.8 Å². The van der Waals surface area contributed by atoms with E-state index in [9.17, 15) is 43.1 Å². The number of aromatic nitrogens is 2. The molecule has 4 rings (SSSR count). The van der Waals surface area contributed by atoms with Crippen molar-refractivity contribution in [3.8, 4) is 11.3 Å². The zero-order chi connectivity index (χ0) is 58.8. The Hall–Kier alpha value is -6.24. The van der Waals surface area contributed by atoms with Crippen molar-refractivity contribution < 1.29 is 66.4 Å². The van der Waals surface area contributed by atoms with Crippen LogP contribution in [0.4, 0.5) is 8.78 Å². The van der Waals surface area contributed by atoms with Crippen LogP contribution in [0.2, 0.25) is 0 Å². The number of likely N-dealkylation sites (tertiary alicyclic amines) is 1. The van der Waals surface area contributed by atoms with Gasteiger partial charge in [-0.3, -0.25) is 38.5 Å². The smallest absolute Gasteiger partial charge is 0.248 e. The Bertz CT molecular complexity index is 2470. The third-order valence-electron chi connectivity index (χ3n) is 13.2. The molecule has 444 valence electrons. The van der Waals surface area contributed by atoms with Crippen LogP contribution in [-0.2, 0) is 59.1 Å². The second-order valence-electron chi connectivity index (χ2n) is 21.7. The fraction of sp³-hybridized carbons (Fsp3) is 0.614. The van der Waals surface area contributed by atoms with E-state index in [1.807, 2.05) is 51.1 Å². The summed E-state index contributed by atoms with van der Waals surface area (Å²) in [6, 6.07) is 9.85. The van der Waals surface area contributed by atoms with Crippen molar-refractivity contribution in [1.29, 1.82) is 0 Å². The van der Waals surface area contributed by atoms with Gasteiger partial charge in [-0.25, -0.2) is 13.8 Å². The molecular formula is C57H85F2N9O12. The predicted octanol–water partition coefficient (Wildman–Crippen LogP) is 3.79. The van der Waals surface area contributed by atoms with E-state index >= 15 is 4.39 Å². The Morgan fingerprint density at radius 1 is 0.812 bits per heavy atom. The molecule has 1 unspecified atom stereocenters. The first-order chi connectivity index (χ1) is 38.1. The molecule has 1 saturated heterocycles. The van der Waals surface area contributed by atoms with Crippen molar-refractivity contribution in [3.63, 3.8) is 0 Å². The van der Waals surface area contributed by atoms with Crippen LogP contribution >= 0.6 is 0 Å². The van der Waals surface area contributed by atoms with Gasteiger partial charge in [0.2, 0.25) is 41.4 Å². The number of imidazole rings is 1. The van der Waals surface area contributed by atoms with Crippen LogP contribution in [0.25, 0.3) is 11.3 Å². The zero-order valence-electron chi connectivity index (χ0n) is 47.6. The van der Waals surface area contributed by atoms with Gasteiger partial charge in [-0.2, -0.15) is 0 Å². The largest absolute Gasteiger partial charge is 0.387 e. The highest BCUT2D eigenvalue weighted by atomic mass is 19.1. The normalized spacial score (nSPS) is 14.5. The molecule has 1 aliphatic rings. The predicted molar refractivity (Wildman–Crippen MR) is 294 cm³/mol. The molecule has 7 amide bonds. The maximum absolute atomic E-state index is 15.2. The van der Waals surface area contributed by atoms with Crippen molar-refractivity contribution in [2.45, 2.75) is 118 Å². The number of nitrogens with two attached hydrogens (primary N) is 1. The van der Waals surface area contributed by atoms with Crippen LogP contribution in [0.15, 0.2) is 54.7 Å². The molecule has 23 heteroatoms. The van der Waals surface area contributed by atoms with Crippen molar-refractivity contribution in [2.75, 3.05) is 92.2 Å². The van der Waals surface area contributed by atoms with Gasteiger partial charge in [-0.15, -0.1) is 0 Å². The minimum atomic E-state index is -0.972. The summed E-state index contributed by atoms with van der Waals surface area (Å²) in [4.78, 5) is 98.1. The lowest BCUT2D eigenvalue weighted by molar-refractivity contribution is -0.141. The quantitative estimate of drug-likeness (QED) is 0.0354. The number of carbonyl (C=O) groups excluding carboxylic acids is 7. The summed E-state index contributed by atoms with van der Waals surface area (Å²) in [5, 5.41) is 21.4. The van der Waals surface area contributed by atoms with E-state index in [-0.39, 0.29) is 120 Å². The fourth-order valence-electron chi connectivity index (χ4n) is 8.99. The van der Waals surface area contributed by atoms with E-state index in [4.69, 9.17) is 29.7 Å². The van der Waals surface area contributed by atoms with Crippen LogP contribution in [0.5, 0.6) is 0 Å². The third kappa shape index (κ3) is 21.7. The van der Waals surface area contributed by atoms with E-state index in [0.717, 1.165) is 28.7 Å². The summed E-state index contributed by atoms with van der Waals surface area (Å²) in [6.07, 6.45) is 3.38. The molecule has 1 fully saturated rings. The standard InChI is InChI=1S/C57H85F2N9O12/c1-39(2)50(65-47(71)20-26-77-28-30-79-32-33-80-31-29-78-27-23-61-46(70)19-25-68-48(72)35-57(6,7)55(68)76)54(75)64-44(16-11-12-21-60)53(74)62-22-13-24-67(49(73)38-69)51(56(3,4)5)52-63-45(42-34-41(58)17-18-43(42)59)37-66(52)36-40-14-9-8-10-15-40/h8-10,14-15,17-18,34,37,39,44,50-51,69H,11-13,16,19-33,35-36,38,60H2,1-7H3,(H,61,70)(H,62,74)(H,64,75)(H,65,71)/t44-,50?,51-/m0/s1. The number of aliphatic hydroxyl groups is 1. The fourth-order valence-corrected chi connectivity index (χ4v) is 8.99. The van der Waals surface area contributed by atoms with Gasteiger partial charge in [0.25, 0.3) is 0 Å². The Morgan fingerprint density at radius 3 is 2.06 bits per heavy atom. The maximum Gasteiger partial charge on any atom is 0.248 e. The summed E-state index contributed by atoms with van der Waals surface area (Å²) in [6.45, 7) is 15.0. The third-order valence-corrected chi connectivity index (χ3v) is 13.2. The number of halogens is 2. The number of unbranched alkanes of at least 4 members (excludes halogenated alkanes) is 1. The lowest BCUT2D eigenvalue weighted by Crippen LogP contribution is -2.55. The highest BCUT2D eigenvalue weighted by Crippen LogP contribution is 2.40. The average molecular weight is 1130 g/mol. The molecule has 0 saturated carbocycles. The second-order valence-corrected chi connectivity index (χ2v) is 21.7. The summed E-state index contributed by atoms with van der Waals surface area (Å²) >= 11 is 0. The SMILES string of the molecule is CC(C)C(NC(=O)CCOCCOCCOCCOCCNC(=O)CCN1C(=O)CC(C)(C)C1=O)C(=O)N[C@@H](CCCCN)C(=O)NCCCN(C(=O)CO)[C@@H](c1nc(-c2cc(F)ccc2F)cn1Cc1ccccc1)C(C)(C)C. The van der Waals surface area contributed by atoms with Gasteiger partial charge in [-0.1, -0.05) is 78.8 Å². The molecule has 1 aromatic heterocycles. The lowest BCUT2D eigenvalue weighted by Gasteiger charge is -2.40. The first kappa shape index (κ1) is 66.3. The first-order valence-electron chi connectivity index (χ1n) is 27.5. The summed E-state index contributed by atoms with van der Waals surface area (Å²) < 4.78 is 53.5. The van der Waals surface area contributed by atoms with Gasteiger partial charge < -0.3 is 60.5 Å². The van der Waals surface area contributed by atoms with Crippen LogP contribution < -0.4 is 27.0 Å². The van der Waals surface area contributed by atoms with E-state index in [1.54, 1.807) is 38.5 Å². The van der Waals surface area contributed by atoms with Gasteiger partial charge in [0.05, 0.1) is 70.0 Å². The summed E-state index contributed by atoms with van der Waals surface area (Å²) in [5.74, 6) is -4.13. The minimum absolute atomic E-state index is 0.0237. The summed E-state index contributed by atoms with van der Waals surface area (Å²) in [7, 11) is 0. The molecule has 1 aliphatic heterocycles. The van der Waals surface area contributed by atoms with Crippen LogP contribution in [-0.4, -0.2) is 170 Å². The molecule has 2 aromatic carbocycles. The molecule has 21 nitrogen and oxygen atoms in total. The maximum atomic E-state index is 15.2. The second kappa shape index (κ2) is 33.5. The van der Waals surface area contributed by atoms with Crippen molar-refractivity contribution in [3.05, 3.63) is 77.8 Å². The summed E-state index contributed by atoms with van der Waals surface area (Å²) in [5.41, 5.74) is 5.32. The van der Waals surface area contributed by atoms with Gasteiger partial charge in [0, 0.05) is 63.7 Å². The number of benzene rings is 2. The zero-order valence-corrected chi connectivity index (χ0v) is 47.6. The Balaban J connectivity index is 1.19. The van der Waals surface area contributed by atoms with E-state index in [2.05, 4.69) is 21.3 Å². The average Bonchev–Trinajstić information content (AvgIpc) is 3.97. The highest BCUT2D eigenvalue weighted by molar-refractivity contribution is 6.05. The first-order valence-corrected chi connectivity index (χ1v) is 27.5. The number of nitrogens with one attached hydrogen (secondary N) is 4. The number of ether oxygens (including phenoxy) is 4. The number of hydrogen-bond acceptors (Lipinski definition) is 14. The van der Waals surface area contributed by atoms with Crippen LogP contribution in [0.1, 0.15) is 111 Å². The number of carbonyl (C=O) groups is 7. The van der Waals surface area contributed by atoms with E-state index in [0.29, 0.717) is 58.2 Å². The van der Waals surface area contributed by atoms with Crippen LogP contribution in [0.3, 0.4) is 0 Å². The van der Waals surface area contributed by atoms with E-state index in [1.165, 1.54) is 4.90 Å². The Kier molecular flexibility index (Phi) is 27.7. The lowest BCUT2D eigenvalue weighted by atomic mass is 9.84. The number of imide groups is 1. The molecule has 0 spiro atoms. The Labute approximate surface area is 468 Å². The molecular weight excluding hydrogens is 1040 g/mol. The van der Waals surface area contributed by atoms with Crippen molar-refractivity contribution >= 4 is 41.4 Å². The molecule has 7 N–H and O–H groups in total. The Morgan fingerprint density at radius 2 is 1.46 bits per heavy atom. The molecule has 0 aliphatic carbocycles. The monoisotopic (exact) mass is 1130 g/mol. The van der Waals surface area contributed by atoms with Crippen molar-refractivity contribution in [1.82, 2.24) is 40.6 Å². The minimum Gasteiger partial charge on any atom is -0.387 e. The highest BCUT2D eigenvalue weighted by Gasteiger charge is 2.44. The molecule has 0 bridgehead atoms.